The molecule has 0 N–H and O–H groups in total. The van der Waals surface area contributed by atoms with E-state index in [0.717, 1.165) is 31.0 Å². The Morgan fingerprint density at radius 1 is 1.40 bits per heavy atom. The van der Waals surface area contributed by atoms with Crippen LogP contribution in [0.2, 0.25) is 0 Å². The average molecular weight is 241 g/mol. The van der Waals surface area contributed by atoms with E-state index in [0.29, 0.717) is 12.3 Å². The number of aryl methyl sites for hydroxylation is 1. The van der Waals surface area contributed by atoms with Gasteiger partial charge in [-0.05, 0) is 28.8 Å². The van der Waals surface area contributed by atoms with Crippen LogP contribution < -0.4 is 0 Å². The van der Waals surface area contributed by atoms with Crippen LogP contribution in [-0.2, 0) is 11.2 Å². The normalized spacial score (nSPS) is 16.7. The number of thiophene rings is 1. The highest BCUT2D eigenvalue weighted by Crippen LogP contribution is 2.13. The fourth-order valence-corrected chi connectivity index (χ4v) is 3.26. The van der Waals surface area contributed by atoms with Crippen molar-refractivity contribution in [1.29, 1.82) is 0 Å². The minimum absolute atomic E-state index is 0.321. The molecule has 2 heterocycles. The molecule has 1 aromatic heterocycles. The van der Waals surface area contributed by atoms with E-state index in [-0.39, 0.29) is 0 Å². The van der Waals surface area contributed by atoms with Crippen molar-refractivity contribution in [2.45, 2.75) is 12.8 Å². The van der Waals surface area contributed by atoms with Crippen molar-refractivity contribution >= 4 is 29.0 Å². The molecule has 1 saturated heterocycles. The van der Waals surface area contributed by atoms with Crippen LogP contribution in [-0.4, -0.2) is 35.4 Å². The number of hydrogen-bond acceptors (Lipinski definition) is 3. The molecule has 1 aromatic rings. The maximum absolute atomic E-state index is 11.8. The summed E-state index contributed by atoms with van der Waals surface area (Å²) in [6, 6.07) is 2.10. The van der Waals surface area contributed by atoms with Gasteiger partial charge in [0.05, 0.1) is 0 Å². The molecule has 0 spiro atoms. The molecule has 4 heteroatoms. The molecule has 0 aliphatic carbocycles. The summed E-state index contributed by atoms with van der Waals surface area (Å²) in [4.78, 5) is 13.8. The fraction of sp³-hybridized carbons (Fsp3) is 0.545. The third-order valence-corrected chi connectivity index (χ3v) is 4.25. The van der Waals surface area contributed by atoms with Crippen LogP contribution in [0, 0.1) is 0 Å². The van der Waals surface area contributed by atoms with Crippen molar-refractivity contribution in [1.82, 2.24) is 4.90 Å². The van der Waals surface area contributed by atoms with E-state index in [2.05, 4.69) is 16.8 Å². The number of nitrogens with zero attached hydrogens (tertiary/aromatic N) is 1. The number of amides is 1. The van der Waals surface area contributed by atoms with Gasteiger partial charge in [-0.15, -0.1) is 0 Å². The highest BCUT2D eigenvalue weighted by molar-refractivity contribution is 7.99. The summed E-state index contributed by atoms with van der Waals surface area (Å²) in [5, 5.41) is 4.19. The first-order chi connectivity index (χ1) is 7.36. The van der Waals surface area contributed by atoms with Gasteiger partial charge in [-0.2, -0.15) is 23.1 Å². The largest absolute Gasteiger partial charge is 0.341 e. The van der Waals surface area contributed by atoms with Gasteiger partial charge in [-0.25, -0.2) is 0 Å². The lowest BCUT2D eigenvalue weighted by atomic mass is 10.2. The molecule has 1 fully saturated rings. The second-order valence-corrected chi connectivity index (χ2v) is 5.63. The van der Waals surface area contributed by atoms with Gasteiger partial charge in [-0.3, -0.25) is 4.79 Å². The van der Waals surface area contributed by atoms with E-state index >= 15 is 0 Å². The number of rotatable bonds is 3. The Kier molecular flexibility index (Phi) is 4.09. The van der Waals surface area contributed by atoms with E-state index < -0.39 is 0 Å². The summed E-state index contributed by atoms with van der Waals surface area (Å²) in [7, 11) is 0. The molecule has 0 radical (unpaired) electrons. The molecule has 1 aliphatic heterocycles. The highest BCUT2D eigenvalue weighted by Gasteiger charge is 2.15. The maximum atomic E-state index is 11.8. The third kappa shape index (κ3) is 3.24. The summed E-state index contributed by atoms with van der Waals surface area (Å²) in [5.74, 6) is 2.52. The van der Waals surface area contributed by atoms with Gasteiger partial charge in [-0.1, -0.05) is 0 Å². The van der Waals surface area contributed by atoms with Gasteiger partial charge in [0.25, 0.3) is 0 Å². The van der Waals surface area contributed by atoms with Crippen LogP contribution in [0.25, 0.3) is 0 Å². The second-order valence-electron chi connectivity index (χ2n) is 3.62. The first-order valence-corrected chi connectivity index (χ1v) is 7.32. The molecule has 0 atom stereocenters. The Labute approximate surface area is 98.7 Å². The van der Waals surface area contributed by atoms with Gasteiger partial charge in [0.15, 0.2) is 0 Å². The van der Waals surface area contributed by atoms with Gasteiger partial charge < -0.3 is 4.90 Å². The summed E-state index contributed by atoms with van der Waals surface area (Å²) in [6.45, 7) is 1.88. The minimum atomic E-state index is 0.321. The van der Waals surface area contributed by atoms with Gasteiger partial charge >= 0.3 is 0 Å². The lowest BCUT2D eigenvalue weighted by Gasteiger charge is -2.26. The molecular weight excluding hydrogens is 226 g/mol. The average Bonchev–Trinajstić information content (AvgIpc) is 2.80. The lowest BCUT2D eigenvalue weighted by Crippen LogP contribution is -2.37. The standard InChI is InChI=1S/C11H15NOS2/c13-11(12-4-7-14-8-5-12)2-1-10-3-6-15-9-10/h3,6,9H,1-2,4-5,7-8H2. The number of carbonyl (C=O) groups is 1. The third-order valence-electron chi connectivity index (χ3n) is 2.57. The molecule has 0 unspecified atom stereocenters. The van der Waals surface area contributed by atoms with Crippen LogP contribution in [0.3, 0.4) is 0 Å². The Morgan fingerprint density at radius 2 is 2.20 bits per heavy atom. The molecular formula is C11H15NOS2. The second kappa shape index (κ2) is 5.56. The van der Waals surface area contributed by atoms with Crippen molar-refractivity contribution in [2.24, 2.45) is 0 Å². The number of hydrogen-bond donors (Lipinski definition) is 0. The van der Waals surface area contributed by atoms with Crippen molar-refractivity contribution < 1.29 is 4.79 Å². The Hall–Kier alpha value is -0.480. The SMILES string of the molecule is O=C(CCc1ccsc1)N1CCSCC1. The van der Waals surface area contributed by atoms with Crippen LogP contribution >= 0.6 is 23.1 Å². The highest BCUT2D eigenvalue weighted by atomic mass is 32.2. The zero-order valence-corrected chi connectivity index (χ0v) is 10.3. The smallest absolute Gasteiger partial charge is 0.222 e. The lowest BCUT2D eigenvalue weighted by molar-refractivity contribution is -0.130. The number of carbonyl (C=O) groups excluding carboxylic acids is 1. The molecule has 1 aliphatic rings. The molecule has 0 saturated carbocycles. The van der Waals surface area contributed by atoms with Crippen LogP contribution in [0.4, 0.5) is 0 Å². The summed E-state index contributed by atoms with van der Waals surface area (Å²) in [5.41, 5.74) is 1.29. The van der Waals surface area contributed by atoms with E-state index in [1.165, 1.54) is 5.56 Å². The summed E-state index contributed by atoms with van der Waals surface area (Å²) < 4.78 is 0. The molecule has 2 rings (SSSR count). The molecule has 82 valence electrons. The quantitative estimate of drug-likeness (QED) is 0.809. The van der Waals surface area contributed by atoms with Gasteiger partial charge in [0.2, 0.25) is 5.91 Å². The molecule has 15 heavy (non-hydrogen) atoms. The summed E-state index contributed by atoms with van der Waals surface area (Å²) >= 11 is 3.64. The van der Waals surface area contributed by atoms with Crippen molar-refractivity contribution in [3.05, 3.63) is 22.4 Å². The molecule has 0 aromatic carbocycles. The fourth-order valence-electron chi connectivity index (χ4n) is 1.66. The zero-order chi connectivity index (χ0) is 10.5. The maximum Gasteiger partial charge on any atom is 0.222 e. The Bertz CT molecular complexity index is 304. The van der Waals surface area contributed by atoms with E-state index in [4.69, 9.17) is 0 Å². The topological polar surface area (TPSA) is 20.3 Å². The molecule has 0 bridgehead atoms. The summed E-state index contributed by atoms with van der Waals surface area (Å²) in [6.07, 6.45) is 1.56. The predicted molar refractivity (Wildman–Crippen MR) is 66.5 cm³/mol. The monoisotopic (exact) mass is 241 g/mol. The Balaban J connectivity index is 1.76. The van der Waals surface area contributed by atoms with Crippen molar-refractivity contribution in [3.8, 4) is 0 Å². The predicted octanol–water partition coefficient (Wildman–Crippen LogP) is 2.26. The van der Waals surface area contributed by atoms with Gasteiger partial charge in [0.1, 0.15) is 0 Å². The van der Waals surface area contributed by atoms with E-state index in [1.54, 1.807) is 11.3 Å². The van der Waals surface area contributed by atoms with E-state index in [9.17, 15) is 4.79 Å². The van der Waals surface area contributed by atoms with Crippen LogP contribution in [0.15, 0.2) is 16.8 Å². The first-order valence-electron chi connectivity index (χ1n) is 5.23. The van der Waals surface area contributed by atoms with Crippen LogP contribution in [0.1, 0.15) is 12.0 Å². The van der Waals surface area contributed by atoms with Crippen molar-refractivity contribution in [3.63, 3.8) is 0 Å². The zero-order valence-electron chi connectivity index (χ0n) is 8.65. The minimum Gasteiger partial charge on any atom is -0.341 e. The van der Waals surface area contributed by atoms with Crippen LogP contribution in [0.5, 0.6) is 0 Å². The van der Waals surface area contributed by atoms with Gasteiger partial charge in [0, 0.05) is 31.0 Å². The first kappa shape index (κ1) is 11.0. The van der Waals surface area contributed by atoms with Crippen molar-refractivity contribution in [2.75, 3.05) is 24.6 Å². The Morgan fingerprint density at radius 3 is 2.87 bits per heavy atom. The molecule has 2 nitrogen and oxygen atoms in total. The number of thioether (sulfide) groups is 1. The molecule has 1 amide bonds. The van der Waals surface area contributed by atoms with E-state index in [1.807, 2.05) is 16.7 Å².